The molecule has 0 aromatic carbocycles. The Morgan fingerprint density at radius 2 is 1.52 bits per heavy atom. The molecule has 0 bridgehead atoms. The number of aromatic nitrogens is 2. The highest BCUT2D eigenvalue weighted by Crippen LogP contribution is 2.29. The summed E-state index contributed by atoms with van der Waals surface area (Å²) in [7, 11) is 0. The summed E-state index contributed by atoms with van der Waals surface area (Å²) in [5.74, 6) is 9.25. The third kappa shape index (κ3) is 3.70. The Kier molecular flexibility index (Phi) is 5.55. The van der Waals surface area contributed by atoms with E-state index in [4.69, 9.17) is 34.8 Å². The monoisotopic (exact) mass is 346 g/mol. The molecule has 1 rings (SSSR count). The van der Waals surface area contributed by atoms with Crippen LogP contribution < -0.4 is 43.6 Å². The number of anilines is 3. The molecular formula is C8H11ClN10O4. The van der Waals surface area contributed by atoms with Crippen molar-refractivity contribution in [3.63, 3.8) is 0 Å². The summed E-state index contributed by atoms with van der Waals surface area (Å²) in [4.78, 5) is 51.2. The predicted octanol–water partition coefficient (Wildman–Crippen LogP) is -2.73. The van der Waals surface area contributed by atoms with Crippen LogP contribution in [0, 0.1) is 0 Å². The first-order valence-corrected chi connectivity index (χ1v) is 5.82. The number of hydrogen-bond donors (Lipinski definition) is 5. The van der Waals surface area contributed by atoms with Gasteiger partial charge >= 0.3 is 12.1 Å². The summed E-state index contributed by atoms with van der Waals surface area (Å²) in [6.07, 6.45) is 0.243. The molecule has 0 aliphatic carbocycles. The normalized spacial score (nSPS) is 9.70. The van der Waals surface area contributed by atoms with Crippen LogP contribution in [0.25, 0.3) is 0 Å². The van der Waals surface area contributed by atoms with Crippen molar-refractivity contribution >= 4 is 53.9 Å². The maximum Gasteiger partial charge on any atom is 0.335 e. The van der Waals surface area contributed by atoms with Gasteiger partial charge in [0.15, 0.2) is 16.8 Å². The first kappa shape index (κ1) is 17.8. The molecule has 14 nitrogen and oxygen atoms in total. The van der Waals surface area contributed by atoms with E-state index in [1.54, 1.807) is 0 Å². The van der Waals surface area contributed by atoms with E-state index in [2.05, 4.69) is 9.97 Å². The molecule has 0 saturated heterocycles. The van der Waals surface area contributed by atoms with E-state index in [1.807, 2.05) is 5.43 Å². The summed E-state index contributed by atoms with van der Waals surface area (Å²) in [6, 6.07) is -2.35. The molecule has 0 saturated carbocycles. The van der Waals surface area contributed by atoms with Gasteiger partial charge in [-0.05, 0) is 0 Å². The molecule has 15 heteroatoms. The van der Waals surface area contributed by atoms with Crippen LogP contribution >= 0.6 is 11.6 Å². The third-order valence-electron chi connectivity index (χ3n) is 2.26. The van der Waals surface area contributed by atoms with Crippen LogP contribution in [0.5, 0.6) is 0 Å². The average Bonchev–Trinajstić information content (AvgIpc) is 2.50. The van der Waals surface area contributed by atoms with E-state index < -0.39 is 34.7 Å². The van der Waals surface area contributed by atoms with Gasteiger partial charge in [-0.1, -0.05) is 11.6 Å². The molecule has 0 spiro atoms. The van der Waals surface area contributed by atoms with Gasteiger partial charge in [-0.15, -0.1) is 0 Å². The zero-order chi connectivity index (χ0) is 17.7. The van der Waals surface area contributed by atoms with Gasteiger partial charge in [0.1, 0.15) is 0 Å². The lowest BCUT2D eigenvalue weighted by atomic mass is 10.5. The topological polar surface area (TPSA) is 220 Å². The van der Waals surface area contributed by atoms with Crippen molar-refractivity contribution in [2.24, 2.45) is 23.2 Å². The summed E-state index contributed by atoms with van der Waals surface area (Å²) in [5.41, 5.74) is 11.9. The quantitative estimate of drug-likeness (QED) is 0.157. The number of halogens is 1. The van der Waals surface area contributed by atoms with Gasteiger partial charge in [0.2, 0.25) is 18.6 Å². The fourth-order valence-corrected chi connectivity index (χ4v) is 1.49. The predicted molar refractivity (Wildman–Crippen MR) is 77.3 cm³/mol. The third-order valence-corrected chi connectivity index (χ3v) is 2.51. The van der Waals surface area contributed by atoms with Gasteiger partial charge < -0.3 is 11.5 Å². The first-order chi connectivity index (χ1) is 10.7. The molecule has 6 amide bonds. The molecule has 0 aliphatic heterocycles. The molecule has 9 N–H and O–H groups in total. The number of hydrogen-bond acceptors (Lipinski definition) is 8. The van der Waals surface area contributed by atoms with Crippen molar-refractivity contribution < 1.29 is 19.2 Å². The highest BCUT2D eigenvalue weighted by atomic mass is 35.5. The molecule has 124 valence electrons. The molecule has 0 fully saturated rings. The van der Waals surface area contributed by atoms with Gasteiger partial charge in [0.05, 0.1) is 0 Å². The summed E-state index contributed by atoms with van der Waals surface area (Å²) in [6.45, 7) is 0. The average molecular weight is 347 g/mol. The smallest absolute Gasteiger partial charge is 0.335 e. The number of nitrogens with two attached hydrogens (primary N) is 4. The fourth-order valence-electron chi connectivity index (χ4n) is 1.27. The van der Waals surface area contributed by atoms with Crippen LogP contribution in [0.1, 0.15) is 0 Å². The minimum Gasteiger partial charge on any atom is -0.350 e. The number of amides is 6. The summed E-state index contributed by atoms with van der Waals surface area (Å²) in [5, 5.41) is 0.608. The van der Waals surface area contributed by atoms with Crippen molar-refractivity contribution in [3.05, 3.63) is 5.15 Å². The van der Waals surface area contributed by atoms with Gasteiger partial charge in [0.25, 0.3) is 0 Å². The van der Waals surface area contributed by atoms with E-state index in [0.717, 1.165) is 0 Å². The van der Waals surface area contributed by atoms with E-state index in [1.165, 1.54) is 0 Å². The van der Waals surface area contributed by atoms with Crippen LogP contribution in [0.15, 0.2) is 0 Å². The van der Waals surface area contributed by atoms with E-state index >= 15 is 0 Å². The van der Waals surface area contributed by atoms with Crippen molar-refractivity contribution in [2.45, 2.75) is 0 Å². The van der Waals surface area contributed by atoms with Gasteiger partial charge in [-0.2, -0.15) is 0 Å². The number of rotatable bonds is 6. The van der Waals surface area contributed by atoms with Crippen molar-refractivity contribution in [2.75, 3.05) is 15.0 Å². The van der Waals surface area contributed by atoms with Gasteiger partial charge in [-0.3, -0.25) is 15.0 Å². The Hall–Kier alpha value is -3.23. The van der Waals surface area contributed by atoms with Crippen molar-refractivity contribution in [1.82, 2.24) is 15.4 Å². The number of hydrazine groups is 3. The number of urea groups is 2. The molecule has 0 radical (unpaired) electrons. The van der Waals surface area contributed by atoms with E-state index in [9.17, 15) is 19.2 Å². The Morgan fingerprint density at radius 3 is 1.96 bits per heavy atom. The van der Waals surface area contributed by atoms with Crippen LogP contribution in [0.4, 0.5) is 27.0 Å². The van der Waals surface area contributed by atoms with Crippen molar-refractivity contribution in [3.8, 4) is 0 Å². The molecule has 0 atom stereocenters. The zero-order valence-electron chi connectivity index (χ0n) is 11.2. The van der Waals surface area contributed by atoms with Gasteiger partial charge in [0, 0.05) is 0 Å². The molecule has 1 heterocycles. The number of nitrogens with zero attached hydrogens (tertiary/aromatic N) is 5. The minimum absolute atomic E-state index is 0.112. The van der Waals surface area contributed by atoms with Crippen LogP contribution in [0.3, 0.4) is 0 Å². The van der Waals surface area contributed by atoms with E-state index in [0.29, 0.717) is 10.0 Å². The molecule has 0 aliphatic rings. The number of nitrogens with one attached hydrogen (secondary N) is 1. The lowest BCUT2D eigenvalue weighted by Crippen LogP contribution is -2.46. The standard InChI is InChI=1S/C8H11ClN10O4/c9-3-4(18(12)7(10)22)16-6(19(13)8(11)23)5(15-3)17(2-21)14-1-20/h1-2H,12-13H2,(H2,10,22)(H2,11,23)(H,14,20). The Bertz CT molecular complexity index is 654. The maximum absolute atomic E-state index is 11.2. The lowest BCUT2D eigenvalue weighted by molar-refractivity contribution is -0.113. The Balaban J connectivity index is 3.59. The molecular weight excluding hydrogens is 336 g/mol. The number of carbonyl (C=O) groups is 4. The van der Waals surface area contributed by atoms with E-state index in [-0.39, 0.29) is 17.8 Å². The molecule has 0 unspecified atom stereocenters. The lowest BCUT2D eigenvalue weighted by Gasteiger charge is -2.23. The second-order valence-electron chi connectivity index (χ2n) is 3.62. The zero-order valence-corrected chi connectivity index (χ0v) is 12.0. The minimum atomic E-state index is -1.20. The summed E-state index contributed by atoms with van der Waals surface area (Å²) >= 11 is 5.79. The van der Waals surface area contributed by atoms with Crippen molar-refractivity contribution in [1.29, 1.82) is 0 Å². The molecule has 1 aromatic rings. The maximum atomic E-state index is 11.2. The Morgan fingerprint density at radius 1 is 1.00 bits per heavy atom. The van der Waals surface area contributed by atoms with Crippen LogP contribution in [-0.4, -0.2) is 34.9 Å². The SMILES string of the molecule is NC(=O)N(N)c1nc(N(N)C(N)=O)c(N(C=O)NC=O)nc1Cl. The van der Waals surface area contributed by atoms with Crippen LogP contribution in [0.2, 0.25) is 5.15 Å². The second-order valence-corrected chi connectivity index (χ2v) is 3.98. The fraction of sp³-hybridized carbons (Fsp3) is 0. The molecule has 1 aromatic heterocycles. The van der Waals surface area contributed by atoms with Crippen LogP contribution in [-0.2, 0) is 9.59 Å². The number of carbonyl (C=O) groups excluding carboxylic acids is 4. The highest BCUT2D eigenvalue weighted by Gasteiger charge is 2.26. The Labute approximate surface area is 132 Å². The highest BCUT2D eigenvalue weighted by molar-refractivity contribution is 6.32. The largest absolute Gasteiger partial charge is 0.350 e. The molecule has 23 heavy (non-hydrogen) atoms. The first-order valence-electron chi connectivity index (χ1n) is 5.45. The second kappa shape index (κ2) is 7.16. The van der Waals surface area contributed by atoms with Gasteiger partial charge in [-0.25, -0.2) is 46.3 Å². The number of primary amides is 2. The summed E-state index contributed by atoms with van der Waals surface area (Å²) < 4.78 is 0.